The van der Waals surface area contributed by atoms with Crippen LogP contribution in [0.1, 0.15) is 12.8 Å². The second-order valence-corrected chi connectivity index (χ2v) is 6.75. The van der Waals surface area contributed by atoms with E-state index in [1.165, 1.54) is 18.2 Å². The largest absolute Gasteiger partial charge is 0.455 e. The third-order valence-corrected chi connectivity index (χ3v) is 3.91. The summed E-state index contributed by atoms with van der Waals surface area (Å²) in [7, 11) is -3.33. The van der Waals surface area contributed by atoms with E-state index >= 15 is 0 Å². The summed E-state index contributed by atoms with van der Waals surface area (Å²) in [6.07, 6.45) is 2.72. The van der Waals surface area contributed by atoms with Crippen LogP contribution in [0.3, 0.4) is 0 Å². The molecule has 1 aromatic rings. The van der Waals surface area contributed by atoms with E-state index in [1.807, 2.05) is 0 Å². The first-order valence-corrected chi connectivity index (χ1v) is 8.02. The van der Waals surface area contributed by atoms with Crippen molar-refractivity contribution in [2.75, 3.05) is 18.2 Å². The van der Waals surface area contributed by atoms with Crippen molar-refractivity contribution >= 4 is 27.4 Å². The van der Waals surface area contributed by atoms with Crippen LogP contribution >= 0.6 is 0 Å². The van der Waals surface area contributed by atoms with Crippen LogP contribution in [0.15, 0.2) is 29.2 Å². The van der Waals surface area contributed by atoms with Gasteiger partial charge in [0.25, 0.3) is 5.91 Å². The van der Waals surface area contributed by atoms with Gasteiger partial charge in [0.1, 0.15) is 0 Å². The minimum Gasteiger partial charge on any atom is -0.455 e. The molecule has 2 rings (SSSR count). The Labute approximate surface area is 117 Å². The molecule has 108 valence electrons. The summed E-state index contributed by atoms with van der Waals surface area (Å²) < 4.78 is 27.6. The quantitative estimate of drug-likeness (QED) is 0.818. The Bertz CT molecular complexity index is 634. The SMILES string of the molecule is CS(=O)(=O)c1cccc(NC(=O)COC(=O)C2CC2)c1. The summed E-state index contributed by atoms with van der Waals surface area (Å²) in [5, 5.41) is 2.49. The summed E-state index contributed by atoms with van der Waals surface area (Å²) in [4.78, 5) is 23.0. The Morgan fingerprint density at radius 2 is 2.05 bits per heavy atom. The summed E-state index contributed by atoms with van der Waals surface area (Å²) in [6.45, 7) is -0.363. The maximum absolute atomic E-state index is 11.6. The van der Waals surface area contributed by atoms with Crippen LogP contribution in [0.5, 0.6) is 0 Å². The first-order valence-electron chi connectivity index (χ1n) is 6.13. The number of rotatable bonds is 5. The highest BCUT2D eigenvalue weighted by atomic mass is 32.2. The van der Waals surface area contributed by atoms with Crippen molar-refractivity contribution in [3.05, 3.63) is 24.3 Å². The van der Waals surface area contributed by atoms with Crippen molar-refractivity contribution < 1.29 is 22.7 Å². The molecule has 0 atom stereocenters. The molecule has 1 aliphatic rings. The lowest BCUT2D eigenvalue weighted by Gasteiger charge is -2.07. The number of esters is 1. The van der Waals surface area contributed by atoms with Gasteiger partial charge < -0.3 is 10.1 Å². The van der Waals surface area contributed by atoms with Gasteiger partial charge in [0.2, 0.25) is 0 Å². The molecule has 0 heterocycles. The van der Waals surface area contributed by atoms with Crippen molar-refractivity contribution in [3.8, 4) is 0 Å². The fourth-order valence-electron chi connectivity index (χ4n) is 1.58. The number of ether oxygens (including phenoxy) is 1. The lowest BCUT2D eigenvalue weighted by atomic mass is 10.3. The molecule has 1 fully saturated rings. The summed E-state index contributed by atoms with van der Waals surface area (Å²) in [5.74, 6) is -0.911. The monoisotopic (exact) mass is 297 g/mol. The topological polar surface area (TPSA) is 89.5 Å². The van der Waals surface area contributed by atoms with Crippen molar-refractivity contribution in [2.24, 2.45) is 5.92 Å². The second-order valence-electron chi connectivity index (χ2n) is 4.73. The van der Waals surface area contributed by atoms with Gasteiger partial charge in [0.05, 0.1) is 10.8 Å². The number of sulfone groups is 1. The Morgan fingerprint density at radius 3 is 2.65 bits per heavy atom. The molecule has 1 aliphatic carbocycles. The van der Waals surface area contributed by atoms with Gasteiger partial charge in [-0.3, -0.25) is 9.59 Å². The standard InChI is InChI=1S/C13H15NO5S/c1-20(17,18)11-4-2-3-10(7-11)14-12(15)8-19-13(16)9-5-6-9/h2-4,7,9H,5-6,8H2,1H3,(H,14,15). The zero-order valence-electron chi connectivity index (χ0n) is 11.0. The molecule has 1 N–H and O–H groups in total. The van der Waals surface area contributed by atoms with Crippen LogP contribution < -0.4 is 5.32 Å². The van der Waals surface area contributed by atoms with Crippen molar-refractivity contribution in [2.45, 2.75) is 17.7 Å². The molecule has 0 bridgehead atoms. The van der Waals surface area contributed by atoms with Gasteiger partial charge >= 0.3 is 5.97 Å². The summed E-state index contributed by atoms with van der Waals surface area (Å²) in [6, 6.07) is 5.89. The molecular formula is C13H15NO5S. The molecule has 0 spiro atoms. The summed E-state index contributed by atoms with van der Waals surface area (Å²) >= 11 is 0. The first kappa shape index (κ1) is 14.5. The average molecular weight is 297 g/mol. The fraction of sp³-hybridized carbons (Fsp3) is 0.385. The average Bonchev–Trinajstić information content (AvgIpc) is 3.19. The van der Waals surface area contributed by atoms with E-state index in [2.05, 4.69) is 5.32 Å². The molecule has 1 saturated carbocycles. The molecular weight excluding hydrogens is 282 g/mol. The van der Waals surface area contributed by atoms with E-state index in [0.717, 1.165) is 19.1 Å². The highest BCUT2D eigenvalue weighted by molar-refractivity contribution is 7.90. The maximum Gasteiger partial charge on any atom is 0.309 e. The third-order valence-electron chi connectivity index (χ3n) is 2.80. The van der Waals surface area contributed by atoms with E-state index < -0.39 is 15.7 Å². The number of amides is 1. The predicted octanol–water partition coefficient (Wildman–Crippen LogP) is 0.982. The first-order chi connectivity index (χ1) is 9.36. The number of hydrogen-bond donors (Lipinski definition) is 1. The smallest absolute Gasteiger partial charge is 0.309 e. The lowest BCUT2D eigenvalue weighted by Crippen LogP contribution is -2.21. The molecule has 0 aromatic heterocycles. The van der Waals surface area contributed by atoms with E-state index in [0.29, 0.717) is 5.69 Å². The second kappa shape index (κ2) is 5.62. The van der Waals surface area contributed by atoms with Crippen LogP contribution in [0, 0.1) is 5.92 Å². The molecule has 20 heavy (non-hydrogen) atoms. The molecule has 7 heteroatoms. The van der Waals surface area contributed by atoms with Gasteiger partial charge in [-0.25, -0.2) is 8.42 Å². The number of carbonyl (C=O) groups excluding carboxylic acids is 2. The number of nitrogens with one attached hydrogen (secondary N) is 1. The molecule has 0 saturated heterocycles. The van der Waals surface area contributed by atoms with Gasteiger partial charge in [0.15, 0.2) is 16.4 Å². The van der Waals surface area contributed by atoms with E-state index in [-0.39, 0.29) is 23.4 Å². The van der Waals surface area contributed by atoms with E-state index in [4.69, 9.17) is 4.74 Å². The van der Waals surface area contributed by atoms with Crippen LogP contribution in [0.2, 0.25) is 0 Å². The minimum atomic E-state index is -3.33. The van der Waals surface area contributed by atoms with Gasteiger partial charge in [0, 0.05) is 11.9 Å². The summed E-state index contributed by atoms with van der Waals surface area (Å²) in [5.41, 5.74) is 0.348. The zero-order valence-corrected chi connectivity index (χ0v) is 11.8. The van der Waals surface area contributed by atoms with Crippen LogP contribution in [-0.2, 0) is 24.2 Å². The van der Waals surface area contributed by atoms with Crippen molar-refractivity contribution in [1.29, 1.82) is 0 Å². The number of hydrogen-bond acceptors (Lipinski definition) is 5. The molecule has 6 nitrogen and oxygen atoms in total. The van der Waals surface area contributed by atoms with Gasteiger partial charge in [-0.15, -0.1) is 0 Å². The molecule has 1 amide bonds. The fourth-order valence-corrected chi connectivity index (χ4v) is 2.24. The van der Waals surface area contributed by atoms with E-state index in [9.17, 15) is 18.0 Å². The number of anilines is 1. The predicted molar refractivity (Wildman–Crippen MR) is 71.9 cm³/mol. The minimum absolute atomic E-state index is 0.0589. The van der Waals surface area contributed by atoms with E-state index in [1.54, 1.807) is 6.07 Å². The van der Waals surface area contributed by atoms with Crippen LogP contribution in [0.25, 0.3) is 0 Å². The van der Waals surface area contributed by atoms with Crippen LogP contribution in [0.4, 0.5) is 5.69 Å². The van der Waals surface area contributed by atoms with Gasteiger partial charge in [-0.1, -0.05) is 6.07 Å². The Kier molecular flexibility index (Phi) is 4.08. The number of benzene rings is 1. The van der Waals surface area contributed by atoms with Gasteiger partial charge in [-0.05, 0) is 31.0 Å². The third kappa shape index (κ3) is 4.06. The molecule has 1 aromatic carbocycles. The molecule has 0 radical (unpaired) electrons. The van der Waals surface area contributed by atoms with Crippen molar-refractivity contribution in [3.63, 3.8) is 0 Å². The Hall–Kier alpha value is -1.89. The normalized spacial score (nSPS) is 14.7. The van der Waals surface area contributed by atoms with Gasteiger partial charge in [-0.2, -0.15) is 0 Å². The Morgan fingerprint density at radius 1 is 1.35 bits per heavy atom. The molecule has 0 aliphatic heterocycles. The lowest BCUT2D eigenvalue weighted by molar-refractivity contribution is -0.148. The highest BCUT2D eigenvalue weighted by Gasteiger charge is 2.31. The van der Waals surface area contributed by atoms with Crippen molar-refractivity contribution in [1.82, 2.24) is 0 Å². The van der Waals surface area contributed by atoms with Crippen LogP contribution in [-0.4, -0.2) is 33.2 Å². The Balaban J connectivity index is 1.92. The maximum atomic E-state index is 11.6. The molecule has 0 unspecified atom stereocenters. The number of carbonyl (C=O) groups is 2. The highest BCUT2D eigenvalue weighted by Crippen LogP contribution is 2.29. The zero-order chi connectivity index (χ0) is 14.8.